The topological polar surface area (TPSA) is 146 Å². The summed E-state index contributed by atoms with van der Waals surface area (Å²) in [4.78, 5) is 58.4. The van der Waals surface area contributed by atoms with E-state index < -0.39 is 35.5 Å². The average molecular weight is 727 g/mol. The predicted octanol–water partition coefficient (Wildman–Crippen LogP) is 3.82. The van der Waals surface area contributed by atoms with Crippen LogP contribution in [0.4, 0.5) is 21.5 Å². The van der Waals surface area contributed by atoms with E-state index in [0.717, 1.165) is 86.2 Å². The van der Waals surface area contributed by atoms with E-state index >= 15 is 4.39 Å². The number of hydrogen-bond acceptors (Lipinski definition) is 10. The molecule has 1 atom stereocenters. The monoisotopic (exact) mass is 726 g/mol. The number of nitrogens with one attached hydrogen (secondary N) is 1. The van der Waals surface area contributed by atoms with Crippen molar-refractivity contribution in [3.05, 3.63) is 53.6 Å². The molecule has 5 aliphatic rings. The number of amides is 4. The minimum absolute atomic E-state index is 0.0334. The van der Waals surface area contributed by atoms with E-state index in [0.29, 0.717) is 41.5 Å². The number of benzene rings is 2. The zero-order valence-corrected chi connectivity index (χ0v) is 30.4. The Morgan fingerprint density at radius 1 is 0.868 bits per heavy atom. The SMILES string of the molecule is COc1cc(N2CCC3(CCN(CC4CCN(c5cc6c(cc5F)C(=O)N(C5CCC(=O)NC5=O)C6=O)CC4)CC3)CC2)c(-c2cnn(C)c2)cc1N. The molecular weight excluding hydrogens is 679 g/mol. The average Bonchev–Trinajstić information content (AvgIpc) is 3.69. The Balaban J connectivity index is 0.844. The molecule has 8 rings (SSSR count). The fraction of sp³-hybridized carbons (Fsp3) is 0.513. The molecule has 280 valence electrons. The normalized spacial score (nSPS) is 22.5. The van der Waals surface area contributed by atoms with Gasteiger partial charge in [-0.1, -0.05) is 0 Å². The maximum atomic E-state index is 15.5. The second-order valence-corrected chi connectivity index (χ2v) is 15.5. The van der Waals surface area contributed by atoms with E-state index in [2.05, 4.69) is 26.3 Å². The largest absolute Gasteiger partial charge is 0.495 e. The number of nitrogens with zero attached hydrogens (tertiary/aromatic N) is 6. The van der Waals surface area contributed by atoms with E-state index in [-0.39, 0.29) is 24.0 Å². The molecule has 6 heterocycles. The van der Waals surface area contributed by atoms with Crippen molar-refractivity contribution in [3.63, 3.8) is 0 Å². The molecule has 4 amide bonds. The summed E-state index contributed by atoms with van der Waals surface area (Å²) in [6.07, 6.45) is 10.5. The first-order chi connectivity index (χ1) is 25.5. The van der Waals surface area contributed by atoms with Gasteiger partial charge in [-0.2, -0.15) is 5.10 Å². The highest BCUT2D eigenvalue weighted by molar-refractivity contribution is 6.23. The van der Waals surface area contributed by atoms with Gasteiger partial charge in [0.25, 0.3) is 11.8 Å². The number of aromatic nitrogens is 2. The van der Waals surface area contributed by atoms with Crippen LogP contribution >= 0.6 is 0 Å². The first kappa shape index (κ1) is 35.1. The number of aryl methyl sites for hydroxylation is 1. The van der Waals surface area contributed by atoms with Crippen molar-refractivity contribution in [2.24, 2.45) is 18.4 Å². The van der Waals surface area contributed by atoms with Crippen molar-refractivity contribution in [1.82, 2.24) is 24.9 Å². The van der Waals surface area contributed by atoms with Gasteiger partial charge in [-0.25, -0.2) is 4.39 Å². The Hall–Kier alpha value is -4.98. The van der Waals surface area contributed by atoms with Crippen LogP contribution in [0.15, 0.2) is 36.7 Å². The van der Waals surface area contributed by atoms with Crippen LogP contribution in [-0.4, -0.2) is 102 Å². The number of likely N-dealkylation sites (tertiary alicyclic amines) is 1. The third kappa shape index (κ3) is 6.51. The molecule has 2 aromatic carbocycles. The van der Waals surface area contributed by atoms with Crippen molar-refractivity contribution in [1.29, 1.82) is 0 Å². The highest BCUT2D eigenvalue weighted by Crippen LogP contribution is 2.45. The summed E-state index contributed by atoms with van der Waals surface area (Å²) >= 11 is 0. The summed E-state index contributed by atoms with van der Waals surface area (Å²) in [5.41, 5.74) is 10.9. The molecule has 3 aromatic rings. The van der Waals surface area contributed by atoms with Crippen molar-refractivity contribution >= 4 is 40.7 Å². The number of fused-ring (bicyclic) bond motifs is 1. The lowest BCUT2D eigenvalue weighted by atomic mass is 9.71. The van der Waals surface area contributed by atoms with Crippen molar-refractivity contribution in [3.8, 4) is 16.9 Å². The molecule has 3 N–H and O–H groups in total. The van der Waals surface area contributed by atoms with Crippen molar-refractivity contribution < 1.29 is 28.3 Å². The van der Waals surface area contributed by atoms with Gasteiger partial charge < -0.3 is 25.2 Å². The second-order valence-electron chi connectivity index (χ2n) is 15.5. The molecule has 1 spiro atoms. The molecule has 1 aromatic heterocycles. The van der Waals surface area contributed by atoms with Crippen LogP contribution in [0.25, 0.3) is 11.1 Å². The third-order valence-electron chi connectivity index (χ3n) is 12.4. The molecule has 4 saturated heterocycles. The zero-order valence-electron chi connectivity index (χ0n) is 30.4. The minimum Gasteiger partial charge on any atom is -0.495 e. The standard InChI is InChI=1S/C39H47FN8O5/c1-44-23-25(21-42-44)26-18-30(41)34(53-2)20-32(26)47-15-9-39(10-16-47)7-13-45(14-8-39)22-24-5-11-46(12-6-24)33-19-28-27(17-29(33)40)37(51)48(38(28)52)31-3-4-35(49)43-36(31)50/h17-21,23-24,31H,3-16,22,41H2,1-2H3,(H,43,49,50). The maximum absolute atomic E-state index is 15.5. The Kier molecular flexibility index (Phi) is 9.12. The lowest BCUT2D eigenvalue weighted by Gasteiger charge is -2.48. The first-order valence-electron chi connectivity index (χ1n) is 18.8. The molecule has 14 heteroatoms. The van der Waals surface area contributed by atoms with E-state index in [9.17, 15) is 19.2 Å². The van der Waals surface area contributed by atoms with E-state index in [1.54, 1.807) is 7.11 Å². The number of ether oxygens (including phenoxy) is 1. The number of carbonyl (C=O) groups excluding carboxylic acids is 4. The molecule has 5 aliphatic heterocycles. The summed E-state index contributed by atoms with van der Waals surface area (Å²) in [6, 6.07) is 5.59. The summed E-state index contributed by atoms with van der Waals surface area (Å²) < 4.78 is 22.9. The molecule has 1 unspecified atom stereocenters. The molecular formula is C39H47FN8O5. The smallest absolute Gasteiger partial charge is 0.262 e. The number of rotatable bonds is 7. The molecule has 13 nitrogen and oxygen atoms in total. The number of methoxy groups -OCH3 is 1. The summed E-state index contributed by atoms with van der Waals surface area (Å²) in [6.45, 7) is 6.45. The van der Waals surface area contributed by atoms with E-state index in [4.69, 9.17) is 10.5 Å². The number of anilines is 3. The number of hydrogen-bond donors (Lipinski definition) is 2. The molecule has 0 radical (unpaired) electrons. The van der Waals surface area contributed by atoms with Crippen LogP contribution in [0.2, 0.25) is 0 Å². The molecule has 0 saturated carbocycles. The summed E-state index contributed by atoms with van der Waals surface area (Å²) in [7, 11) is 3.58. The number of piperidine rings is 4. The lowest BCUT2D eigenvalue weighted by Crippen LogP contribution is -2.54. The Morgan fingerprint density at radius 3 is 2.17 bits per heavy atom. The van der Waals surface area contributed by atoms with Gasteiger partial charge in [0.2, 0.25) is 11.8 Å². The number of nitrogens with two attached hydrogens (primary N) is 1. The zero-order chi connectivity index (χ0) is 37.0. The van der Waals surface area contributed by atoms with Crippen LogP contribution in [-0.2, 0) is 16.6 Å². The third-order valence-corrected chi connectivity index (χ3v) is 12.4. The van der Waals surface area contributed by atoms with Crippen LogP contribution in [0, 0.1) is 17.2 Å². The van der Waals surface area contributed by atoms with Gasteiger partial charge in [-0.05, 0) is 87.6 Å². The van der Waals surface area contributed by atoms with Gasteiger partial charge in [0.15, 0.2) is 0 Å². The summed E-state index contributed by atoms with van der Waals surface area (Å²) in [5.74, 6) is -1.80. The lowest BCUT2D eigenvalue weighted by molar-refractivity contribution is -0.136. The van der Waals surface area contributed by atoms with Gasteiger partial charge in [0, 0.05) is 75.3 Å². The fourth-order valence-corrected chi connectivity index (χ4v) is 9.19. The number of nitrogen functional groups attached to an aromatic ring is 1. The van der Waals surface area contributed by atoms with Gasteiger partial charge >= 0.3 is 0 Å². The molecule has 4 fully saturated rings. The first-order valence-corrected chi connectivity index (χ1v) is 18.8. The molecule has 0 bridgehead atoms. The van der Waals surface area contributed by atoms with Crippen LogP contribution in [0.5, 0.6) is 5.75 Å². The van der Waals surface area contributed by atoms with Crippen molar-refractivity contribution in [2.75, 3.05) is 68.5 Å². The number of imide groups is 2. The van der Waals surface area contributed by atoms with E-state index in [1.165, 1.54) is 18.9 Å². The van der Waals surface area contributed by atoms with Crippen molar-refractivity contribution in [2.45, 2.75) is 57.4 Å². The Bertz CT molecular complexity index is 1950. The Morgan fingerprint density at radius 2 is 1.53 bits per heavy atom. The predicted molar refractivity (Wildman–Crippen MR) is 197 cm³/mol. The Labute approximate surface area is 308 Å². The highest BCUT2D eigenvalue weighted by Gasteiger charge is 2.45. The molecule has 0 aliphatic carbocycles. The maximum Gasteiger partial charge on any atom is 0.262 e. The number of carbonyl (C=O) groups is 4. The van der Waals surface area contributed by atoms with Gasteiger partial charge in [-0.3, -0.25) is 34.1 Å². The quantitative estimate of drug-likeness (QED) is 0.272. The number of halogens is 1. The highest BCUT2D eigenvalue weighted by atomic mass is 19.1. The van der Waals surface area contributed by atoms with Gasteiger partial charge in [-0.15, -0.1) is 0 Å². The van der Waals surface area contributed by atoms with Crippen LogP contribution < -0.4 is 25.6 Å². The van der Waals surface area contributed by atoms with Crippen LogP contribution in [0.1, 0.15) is 72.1 Å². The fourth-order valence-electron chi connectivity index (χ4n) is 9.19. The second kappa shape index (κ2) is 13.8. The van der Waals surface area contributed by atoms with Crippen LogP contribution in [0.3, 0.4) is 0 Å². The van der Waals surface area contributed by atoms with Gasteiger partial charge in [0.1, 0.15) is 17.6 Å². The summed E-state index contributed by atoms with van der Waals surface area (Å²) in [5, 5.41) is 6.58. The van der Waals surface area contributed by atoms with E-state index in [1.807, 2.05) is 35.1 Å². The minimum atomic E-state index is -1.08. The molecule has 53 heavy (non-hydrogen) atoms. The van der Waals surface area contributed by atoms with Gasteiger partial charge in [0.05, 0.1) is 35.8 Å².